The van der Waals surface area contributed by atoms with Gasteiger partial charge in [-0.05, 0) is 52.9 Å². The molecule has 0 amide bonds. The number of hydrogen-bond donors (Lipinski definition) is 2. The Balaban J connectivity index is 1.63. The van der Waals surface area contributed by atoms with E-state index in [1.165, 1.54) is 34.0 Å². The molecule has 6 heteroatoms. The number of nitrogens with zero attached hydrogens (tertiary/aromatic N) is 2. The first-order valence-electron chi connectivity index (χ1n) is 8.01. The van der Waals surface area contributed by atoms with Gasteiger partial charge in [0.2, 0.25) is 0 Å². The van der Waals surface area contributed by atoms with Crippen LogP contribution >= 0.6 is 0 Å². The molecule has 1 aliphatic rings. The van der Waals surface area contributed by atoms with Crippen LogP contribution in [0.4, 0.5) is 17.1 Å². The number of hydrogen-bond acceptors (Lipinski definition) is 3. The third-order valence-corrected chi connectivity index (χ3v) is 4.45. The van der Waals surface area contributed by atoms with E-state index in [0.717, 1.165) is 18.5 Å². The van der Waals surface area contributed by atoms with Crippen molar-refractivity contribution in [3.05, 3.63) is 75.8 Å². The second-order valence-electron chi connectivity index (χ2n) is 6.00. The third-order valence-electron chi connectivity index (χ3n) is 4.45. The van der Waals surface area contributed by atoms with Crippen LogP contribution in [0.1, 0.15) is 11.1 Å². The number of benzene rings is 3. The zero-order valence-corrected chi connectivity index (χ0v) is 13.4. The monoisotopic (exact) mass is 332 g/mol. The highest BCUT2D eigenvalue weighted by molar-refractivity contribution is 5.98. The summed E-state index contributed by atoms with van der Waals surface area (Å²) in [6.45, 7) is 0. The molecule has 3 aromatic carbocycles. The molecule has 0 fully saturated rings. The Morgan fingerprint density at radius 3 is 2.64 bits per heavy atom. The molecule has 0 atom stereocenters. The predicted octanol–water partition coefficient (Wildman–Crippen LogP) is 3.90. The van der Waals surface area contributed by atoms with Crippen LogP contribution in [0.3, 0.4) is 0 Å². The average molecular weight is 332 g/mol. The summed E-state index contributed by atoms with van der Waals surface area (Å²) in [5.74, 6) is 0.258. The summed E-state index contributed by atoms with van der Waals surface area (Å²) in [4.78, 5) is 14.8. The lowest BCUT2D eigenvalue weighted by molar-refractivity contribution is -0.384. The number of nitro groups is 1. The Morgan fingerprint density at radius 1 is 1.08 bits per heavy atom. The fraction of sp³-hybridized carbons (Fsp3) is 0.105. The van der Waals surface area contributed by atoms with Crippen LogP contribution in [0, 0.1) is 10.1 Å². The van der Waals surface area contributed by atoms with E-state index in [4.69, 9.17) is 5.73 Å². The van der Waals surface area contributed by atoms with Crippen LogP contribution < -0.4 is 11.1 Å². The molecule has 0 unspecified atom stereocenters. The van der Waals surface area contributed by atoms with Crippen molar-refractivity contribution in [1.29, 1.82) is 0 Å². The Hall–Kier alpha value is -3.41. The molecule has 4 rings (SSSR count). The molecule has 0 aromatic heterocycles. The highest BCUT2D eigenvalue weighted by atomic mass is 16.6. The molecule has 25 heavy (non-hydrogen) atoms. The summed E-state index contributed by atoms with van der Waals surface area (Å²) >= 11 is 0. The quantitative estimate of drug-likeness (QED) is 0.329. The first-order chi connectivity index (χ1) is 12.1. The van der Waals surface area contributed by atoms with E-state index in [9.17, 15) is 10.1 Å². The summed E-state index contributed by atoms with van der Waals surface area (Å²) in [5, 5.41) is 16.2. The normalized spacial score (nSPS) is 13.2. The van der Waals surface area contributed by atoms with Gasteiger partial charge in [-0.3, -0.25) is 10.1 Å². The molecule has 3 N–H and O–H groups in total. The van der Waals surface area contributed by atoms with E-state index in [0.29, 0.717) is 5.69 Å². The summed E-state index contributed by atoms with van der Waals surface area (Å²) in [5.41, 5.74) is 10.2. The molecule has 0 saturated carbocycles. The van der Waals surface area contributed by atoms with Gasteiger partial charge in [-0.2, -0.15) is 0 Å². The molecule has 0 radical (unpaired) electrons. The van der Waals surface area contributed by atoms with Gasteiger partial charge in [0.15, 0.2) is 5.96 Å². The smallest absolute Gasteiger partial charge is 0.269 e. The molecule has 124 valence electrons. The second-order valence-corrected chi connectivity index (χ2v) is 6.00. The van der Waals surface area contributed by atoms with Crippen molar-refractivity contribution < 1.29 is 4.92 Å². The average Bonchev–Trinajstić information content (AvgIpc) is 3.04. The van der Waals surface area contributed by atoms with Crippen LogP contribution in [0.25, 0.3) is 10.8 Å². The maximum atomic E-state index is 10.7. The lowest BCUT2D eigenvalue weighted by Gasteiger charge is -2.08. The number of aliphatic imine (C=N–C) groups is 1. The SMILES string of the molecule is NC(=Nc1ccc2cccc3c2c1CC3)Nc1ccc([N+](=O)[O-])cc1. The number of non-ortho nitro benzene ring substituents is 1. The van der Waals surface area contributed by atoms with Gasteiger partial charge in [-0.15, -0.1) is 0 Å². The highest BCUT2D eigenvalue weighted by Gasteiger charge is 2.17. The Bertz CT molecular complexity index is 1010. The second kappa shape index (κ2) is 5.90. The van der Waals surface area contributed by atoms with E-state index >= 15 is 0 Å². The predicted molar refractivity (Wildman–Crippen MR) is 99.4 cm³/mol. The summed E-state index contributed by atoms with van der Waals surface area (Å²) in [6.07, 6.45) is 1.98. The van der Waals surface area contributed by atoms with E-state index in [1.54, 1.807) is 12.1 Å². The minimum atomic E-state index is -0.435. The number of aryl methyl sites for hydroxylation is 2. The largest absolute Gasteiger partial charge is 0.369 e. The van der Waals surface area contributed by atoms with Gasteiger partial charge >= 0.3 is 0 Å². The van der Waals surface area contributed by atoms with Crippen molar-refractivity contribution in [2.24, 2.45) is 10.7 Å². The number of nitrogens with one attached hydrogen (secondary N) is 1. The van der Waals surface area contributed by atoms with Gasteiger partial charge in [0.1, 0.15) is 0 Å². The van der Waals surface area contributed by atoms with Crippen LogP contribution in [0.15, 0.2) is 59.6 Å². The summed E-state index contributed by atoms with van der Waals surface area (Å²) in [7, 11) is 0. The lowest BCUT2D eigenvalue weighted by atomic mass is 10.0. The molecular weight excluding hydrogens is 316 g/mol. The lowest BCUT2D eigenvalue weighted by Crippen LogP contribution is -2.22. The minimum absolute atomic E-state index is 0.0382. The zero-order valence-electron chi connectivity index (χ0n) is 13.4. The molecular formula is C19H16N4O2. The first-order valence-corrected chi connectivity index (χ1v) is 8.01. The topological polar surface area (TPSA) is 93.5 Å². The molecule has 0 heterocycles. The Kier molecular flexibility index (Phi) is 3.57. The standard InChI is InChI=1S/C19H16N4O2/c20-19(21-14-6-8-15(9-7-14)23(24)25)22-17-11-5-13-3-1-2-12-4-10-16(17)18(12)13/h1-3,5-9,11H,4,10H2,(H3,20,21,22). The number of nitro benzene ring substituents is 1. The molecule has 0 saturated heterocycles. The van der Waals surface area contributed by atoms with E-state index in [-0.39, 0.29) is 11.6 Å². The van der Waals surface area contributed by atoms with E-state index in [2.05, 4.69) is 34.6 Å². The first kappa shape index (κ1) is 15.1. The summed E-state index contributed by atoms with van der Waals surface area (Å²) in [6, 6.07) is 16.5. The molecule has 1 aliphatic carbocycles. The number of rotatable bonds is 3. The van der Waals surface area contributed by atoms with Gasteiger partial charge in [0.25, 0.3) is 5.69 Å². The van der Waals surface area contributed by atoms with Crippen molar-refractivity contribution in [1.82, 2.24) is 0 Å². The molecule has 0 aliphatic heterocycles. The van der Waals surface area contributed by atoms with Gasteiger partial charge in [-0.25, -0.2) is 4.99 Å². The zero-order chi connectivity index (χ0) is 17.4. The van der Waals surface area contributed by atoms with Crippen molar-refractivity contribution >= 4 is 33.8 Å². The van der Waals surface area contributed by atoms with Crippen molar-refractivity contribution in [2.75, 3.05) is 5.32 Å². The fourth-order valence-corrected chi connectivity index (χ4v) is 3.32. The minimum Gasteiger partial charge on any atom is -0.369 e. The van der Waals surface area contributed by atoms with Crippen molar-refractivity contribution in [3.63, 3.8) is 0 Å². The molecule has 3 aromatic rings. The third kappa shape index (κ3) is 2.78. The van der Waals surface area contributed by atoms with Crippen LogP contribution in [-0.2, 0) is 12.8 Å². The van der Waals surface area contributed by atoms with Crippen LogP contribution in [0.2, 0.25) is 0 Å². The summed E-state index contributed by atoms with van der Waals surface area (Å²) < 4.78 is 0. The van der Waals surface area contributed by atoms with Gasteiger partial charge in [0, 0.05) is 17.8 Å². The van der Waals surface area contributed by atoms with Crippen LogP contribution in [-0.4, -0.2) is 10.9 Å². The maximum absolute atomic E-state index is 10.7. The number of guanidine groups is 1. The molecule has 0 bridgehead atoms. The van der Waals surface area contributed by atoms with Crippen molar-refractivity contribution in [2.45, 2.75) is 12.8 Å². The van der Waals surface area contributed by atoms with Crippen molar-refractivity contribution in [3.8, 4) is 0 Å². The van der Waals surface area contributed by atoms with E-state index < -0.39 is 4.92 Å². The van der Waals surface area contributed by atoms with E-state index in [1.807, 2.05) is 6.07 Å². The Labute approximate surface area is 144 Å². The van der Waals surface area contributed by atoms with Crippen LogP contribution in [0.5, 0.6) is 0 Å². The van der Waals surface area contributed by atoms with Gasteiger partial charge < -0.3 is 11.1 Å². The number of anilines is 1. The highest BCUT2D eigenvalue weighted by Crippen LogP contribution is 2.36. The fourth-order valence-electron chi connectivity index (χ4n) is 3.32. The maximum Gasteiger partial charge on any atom is 0.269 e. The van der Waals surface area contributed by atoms with Gasteiger partial charge in [-0.1, -0.05) is 24.3 Å². The molecule has 0 spiro atoms. The van der Waals surface area contributed by atoms with Gasteiger partial charge in [0.05, 0.1) is 10.6 Å². The Morgan fingerprint density at radius 2 is 1.88 bits per heavy atom. The molecule has 6 nitrogen and oxygen atoms in total. The number of nitrogens with two attached hydrogens (primary N) is 1.